The van der Waals surface area contributed by atoms with Crippen LogP contribution in [0.15, 0.2) is 52.6 Å². The van der Waals surface area contributed by atoms with Crippen LogP contribution in [0.3, 0.4) is 0 Å². The number of hydrogen-bond acceptors (Lipinski definition) is 4. The Balaban J connectivity index is 1.65. The second-order valence-corrected chi connectivity index (χ2v) is 14.8. The highest BCUT2D eigenvalue weighted by Crippen LogP contribution is 2.66. The molecule has 0 aliphatic heterocycles. The Morgan fingerprint density at radius 3 is 2.21 bits per heavy atom. The predicted octanol–water partition coefficient (Wildman–Crippen LogP) is 8.14. The molecule has 4 nitrogen and oxygen atoms in total. The monoisotopic (exact) mass is 578 g/mol. The largest absolute Gasteiger partial charge is 0.299 e. The number of fused-ring (bicyclic) bond motifs is 3. The highest BCUT2D eigenvalue weighted by molar-refractivity contribution is 6.24. The predicted molar refractivity (Wildman–Crippen MR) is 172 cm³/mol. The highest BCUT2D eigenvalue weighted by Gasteiger charge is 2.63. The zero-order chi connectivity index (χ0) is 31.8. The zero-order valence-electron chi connectivity index (χ0n) is 27.6. The zero-order valence-corrected chi connectivity index (χ0v) is 27.6. The second-order valence-electron chi connectivity index (χ2n) is 14.8. The summed E-state index contributed by atoms with van der Waals surface area (Å²) in [6, 6.07) is 10.2. The van der Waals surface area contributed by atoms with Gasteiger partial charge in [-0.2, -0.15) is 0 Å². The summed E-state index contributed by atoms with van der Waals surface area (Å²) in [6.07, 6.45) is 2.69. The van der Waals surface area contributed by atoms with E-state index >= 15 is 0 Å². The number of carbonyl (C=O) groups is 4. The van der Waals surface area contributed by atoms with E-state index in [-0.39, 0.29) is 35.5 Å². The Bertz CT molecular complexity index is 1680. The van der Waals surface area contributed by atoms with E-state index in [1.165, 1.54) is 6.92 Å². The molecule has 0 amide bonds. The van der Waals surface area contributed by atoms with Crippen LogP contribution < -0.4 is 0 Å². The summed E-state index contributed by atoms with van der Waals surface area (Å²) in [4.78, 5) is 54.9. The standard InChI is InChI=1S/C39H46O4/c1-21(2)30-17-28(16-29(41)15-27-13-11-12-22(3)14-27)24(5)33-31(30)19-37(8)20-38(9)18-23(4)32(26(7)40)36(43)39(38,10)25(6)34(37)35(33)42/h11-14,17,21H,15-16,18-20H2,1-10H3. The topological polar surface area (TPSA) is 68.3 Å². The van der Waals surface area contributed by atoms with Gasteiger partial charge in [-0.3, -0.25) is 19.2 Å². The lowest BCUT2D eigenvalue weighted by atomic mass is 9.42. The molecule has 4 heteroatoms. The first-order valence-corrected chi connectivity index (χ1v) is 15.7. The fraction of sp³-hybridized carbons (Fsp3) is 0.487. The number of Topliss-reactive ketones (excluding diaryl/α,β-unsaturated/α-hetero) is 4. The van der Waals surface area contributed by atoms with Crippen LogP contribution in [0.1, 0.15) is 118 Å². The molecule has 3 aliphatic rings. The van der Waals surface area contributed by atoms with Crippen LogP contribution in [0.25, 0.3) is 0 Å². The lowest BCUT2D eigenvalue weighted by molar-refractivity contribution is -0.134. The van der Waals surface area contributed by atoms with Crippen molar-refractivity contribution in [2.24, 2.45) is 16.2 Å². The average molecular weight is 579 g/mol. The van der Waals surface area contributed by atoms with Gasteiger partial charge in [-0.15, -0.1) is 0 Å². The van der Waals surface area contributed by atoms with Crippen molar-refractivity contribution >= 4 is 23.1 Å². The van der Waals surface area contributed by atoms with Crippen LogP contribution in [-0.2, 0) is 33.6 Å². The summed E-state index contributed by atoms with van der Waals surface area (Å²) in [5, 5.41) is 0. The van der Waals surface area contributed by atoms with Gasteiger partial charge < -0.3 is 0 Å². The molecule has 2 aromatic rings. The van der Waals surface area contributed by atoms with Crippen molar-refractivity contribution in [3.63, 3.8) is 0 Å². The van der Waals surface area contributed by atoms with Gasteiger partial charge in [-0.25, -0.2) is 0 Å². The van der Waals surface area contributed by atoms with E-state index in [2.05, 4.69) is 39.8 Å². The van der Waals surface area contributed by atoms with Crippen molar-refractivity contribution in [2.45, 2.75) is 107 Å². The van der Waals surface area contributed by atoms with E-state index in [0.717, 1.165) is 56.5 Å². The van der Waals surface area contributed by atoms with Gasteiger partial charge in [0.1, 0.15) is 5.78 Å². The number of ketones is 4. The number of carbonyl (C=O) groups excluding carboxylic acids is 4. The normalized spacial score (nSPS) is 26.9. The Kier molecular flexibility index (Phi) is 7.47. The first-order valence-electron chi connectivity index (χ1n) is 15.7. The summed E-state index contributed by atoms with van der Waals surface area (Å²) >= 11 is 0. The highest BCUT2D eigenvalue weighted by atomic mass is 16.2. The molecular formula is C39H46O4. The smallest absolute Gasteiger partial charge is 0.190 e. The summed E-state index contributed by atoms with van der Waals surface area (Å²) in [6.45, 7) is 20.0. The van der Waals surface area contributed by atoms with Crippen LogP contribution >= 0.6 is 0 Å². The molecule has 0 N–H and O–H groups in total. The van der Waals surface area contributed by atoms with E-state index in [0.29, 0.717) is 30.4 Å². The maximum absolute atomic E-state index is 14.8. The lowest BCUT2D eigenvalue weighted by Gasteiger charge is -2.59. The molecule has 3 atom stereocenters. The second kappa shape index (κ2) is 10.4. The molecule has 0 heterocycles. The molecule has 0 saturated carbocycles. The van der Waals surface area contributed by atoms with Crippen molar-refractivity contribution in [2.75, 3.05) is 0 Å². The van der Waals surface area contributed by atoms with Gasteiger partial charge in [-0.1, -0.05) is 74.7 Å². The molecule has 226 valence electrons. The van der Waals surface area contributed by atoms with Crippen molar-refractivity contribution in [3.05, 3.63) is 91.6 Å². The van der Waals surface area contributed by atoms with E-state index in [4.69, 9.17) is 0 Å². The molecule has 0 aromatic heterocycles. The maximum Gasteiger partial charge on any atom is 0.190 e. The number of aryl methyl sites for hydroxylation is 1. The number of hydrogen-bond donors (Lipinski definition) is 0. The number of rotatable bonds is 6. The Morgan fingerprint density at radius 1 is 0.930 bits per heavy atom. The van der Waals surface area contributed by atoms with Crippen LogP contribution in [0, 0.1) is 30.1 Å². The Hall–Kier alpha value is -3.40. The molecule has 3 unspecified atom stereocenters. The molecule has 0 saturated heterocycles. The van der Waals surface area contributed by atoms with Crippen molar-refractivity contribution in [1.82, 2.24) is 0 Å². The third-order valence-corrected chi connectivity index (χ3v) is 11.2. The van der Waals surface area contributed by atoms with Crippen LogP contribution in [0.4, 0.5) is 0 Å². The fourth-order valence-electron chi connectivity index (χ4n) is 9.09. The van der Waals surface area contributed by atoms with E-state index in [1.54, 1.807) is 0 Å². The van der Waals surface area contributed by atoms with Gasteiger partial charge in [0, 0.05) is 29.4 Å². The summed E-state index contributed by atoms with van der Waals surface area (Å²) in [5.74, 6) is -0.0477. The van der Waals surface area contributed by atoms with E-state index in [1.807, 2.05) is 52.8 Å². The van der Waals surface area contributed by atoms with Crippen molar-refractivity contribution in [1.29, 1.82) is 0 Å². The third-order valence-electron chi connectivity index (χ3n) is 11.2. The van der Waals surface area contributed by atoms with Gasteiger partial charge in [0.25, 0.3) is 0 Å². The minimum Gasteiger partial charge on any atom is -0.299 e. The van der Waals surface area contributed by atoms with Gasteiger partial charge >= 0.3 is 0 Å². The van der Waals surface area contributed by atoms with Gasteiger partial charge in [0.15, 0.2) is 17.3 Å². The molecule has 0 bridgehead atoms. The van der Waals surface area contributed by atoms with Crippen LogP contribution in [0.5, 0.6) is 0 Å². The quantitative estimate of drug-likeness (QED) is 0.325. The molecule has 3 aliphatic carbocycles. The molecule has 0 fully saturated rings. The average Bonchev–Trinajstić information content (AvgIpc) is 2.87. The SMILES string of the molecule is CC(=O)C1=C(C)CC2(C)CC3(C)Cc4c(C(C)C)cc(CC(=O)Cc5cccc(C)c5)c(C)c4C(=O)C3=C(C)C2(C)C1=O. The molecular weight excluding hydrogens is 532 g/mol. The van der Waals surface area contributed by atoms with E-state index in [9.17, 15) is 19.2 Å². The molecule has 43 heavy (non-hydrogen) atoms. The molecule has 0 radical (unpaired) electrons. The summed E-state index contributed by atoms with van der Waals surface area (Å²) in [5.41, 5.74) is 7.78. The van der Waals surface area contributed by atoms with Crippen molar-refractivity contribution in [3.8, 4) is 0 Å². The Morgan fingerprint density at radius 2 is 1.60 bits per heavy atom. The fourth-order valence-corrected chi connectivity index (χ4v) is 9.09. The van der Waals surface area contributed by atoms with Crippen molar-refractivity contribution < 1.29 is 19.2 Å². The first kappa shape index (κ1) is 31.0. The number of allylic oxidation sites excluding steroid dienone is 4. The van der Waals surface area contributed by atoms with Crippen LogP contribution in [-0.4, -0.2) is 23.1 Å². The molecule has 2 aromatic carbocycles. The van der Waals surface area contributed by atoms with Crippen LogP contribution in [0.2, 0.25) is 0 Å². The third kappa shape index (κ3) is 4.64. The molecule has 5 rings (SSSR count). The van der Waals surface area contributed by atoms with E-state index < -0.39 is 16.2 Å². The van der Waals surface area contributed by atoms with Gasteiger partial charge in [0.2, 0.25) is 0 Å². The van der Waals surface area contributed by atoms with Gasteiger partial charge in [0.05, 0.1) is 11.0 Å². The van der Waals surface area contributed by atoms with Gasteiger partial charge in [-0.05, 0) is 100.0 Å². The first-order chi connectivity index (χ1) is 19.9. The number of benzene rings is 2. The minimum absolute atomic E-state index is 0.0136. The lowest BCUT2D eigenvalue weighted by Crippen LogP contribution is -2.57. The minimum atomic E-state index is -0.939. The Labute approximate surface area is 257 Å². The summed E-state index contributed by atoms with van der Waals surface area (Å²) < 4.78 is 0. The molecule has 0 spiro atoms. The summed E-state index contributed by atoms with van der Waals surface area (Å²) in [7, 11) is 0. The maximum atomic E-state index is 14.8.